The molecule has 5 aromatic rings. The number of ether oxygens (including phenoxy) is 1. The molecular weight excluding hydrogens is 514 g/mol. The second-order valence-corrected chi connectivity index (χ2v) is 15.9. The Morgan fingerprint density at radius 1 is 0.568 bits per heavy atom. The quantitative estimate of drug-likeness (QED) is 0.178. The van der Waals surface area contributed by atoms with Crippen LogP contribution < -0.4 is 20.7 Å². The van der Waals surface area contributed by atoms with Gasteiger partial charge in [0, 0.05) is 0 Å². The summed E-state index contributed by atoms with van der Waals surface area (Å²) in [5.74, 6) is -1.82. The second-order valence-electron chi connectivity index (χ2n) is 8.90. The van der Waals surface area contributed by atoms with Crippen molar-refractivity contribution in [3.05, 3.63) is 156 Å². The van der Waals surface area contributed by atoms with Gasteiger partial charge in [-0.3, -0.25) is 0 Å². The summed E-state index contributed by atoms with van der Waals surface area (Å²) in [6.07, 6.45) is 5.01. The monoisotopic (exact) mass is 540 g/mol. The van der Waals surface area contributed by atoms with Gasteiger partial charge in [-0.2, -0.15) is 0 Å². The van der Waals surface area contributed by atoms with Crippen LogP contribution in [0.3, 0.4) is 0 Å². The Morgan fingerprint density at radius 2 is 1.08 bits per heavy atom. The first-order valence-corrected chi connectivity index (χ1v) is 15.9. The van der Waals surface area contributed by atoms with E-state index in [0.717, 1.165) is 33.0 Å². The van der Waals surface area contributed by atoms with Crippen LogP contribution in [0.4, 0.5) is 0 Å². The van der Waals surface area contributed by atoms with Crippen LogP contribution in [0.25, 0.3) is 6.08 Å². The van der Waals surface area contributed by atoms with Crippen molar-refractivity contribution in [2.45, 2.75) is 0 Å². The topological polar surface area (TPSA) is 9.23 Å². The van der Waals surface area contributed by atoms with Crippen molar-refractivity contribution >= 4 is 50.8 Å². The SMILES string of the molecule is Clc1ccc(Oc2cccc(/C=C/CP(Cl)(c3ccccc3)(c3ccccc3)c3ccccc3)c2)cc1. The zero-order valence-electron chi connectivity index (χ0n) is 20.3. The summed E-state index contributed by atoms with van der Waals surface area (Å²) in [5.41, 5.74) is 1.04. The molecule has 184 valence electrons. The average molecular weight is 541 g/mol. The molecule has 37 heavy (non-hydrogen) atoms. The summed E-state index contributed by atoms with van der Waals surface area (Å²) in [5, 5.41) is 4.13. The molecule has 0 aliphatic rings. The van der Waals surface area contributed by atoms with Crippen molar-refractivity contribution in [1.29, 1.82) is 0 Å². The fourth-order valence-electron chi connectivity index (χ4n) is 4.69. The Kier molecular flexibility index (Phi) is 7.49. The first-order valence-electron chi connectivity index (χ1n) is 12.2. The van der Waals surface area contributed by atoms with Crippen molar-refractivity contribution in [3.63, 3.8) is 0 Å². The van der Waals surface area contributed by atoms with Crippen molar-refractivity contribution in [2.24, 2.45) is 0 Å². The predicted molar refractivity (Wildman–Crippen MR) is 163 cm³/mol. The van der Waals surface area contributed by atoms with Gasteiger partial charge in [0.25, 0.3) is 0 Å². The summed E-state index contributed by atoms with van der Waals surface area (Å²) in [6, 6.07) is 47.0. The summed E-state index contributed by atoms with van der Waals surface area (Å²) >= 11 is 14.1. The predicted octanol–water partition coefficient (Wildman–Crippen LogP) is 8.83. The van der Waals surface area contributed by atoms with Crippen LogP contribution in [-0.4, -0.2) is 6.16 Å². The number of hydrogen-bond acceptors (Lipinski definition) is 1. The van der Waals surface area contributed by atoms with E-state index >= 15 is 0 Å². The molecule has 0 saturated heterocycles. The van der Waals surface area contributed by atoms with Gasteiger partial charge in [0.1, 0.15) is 0 Å². The van der Waals surface area contributed by atoms with E-state index in [9.17, 15) is 0 Å². The molecule has 0 N–H and O–H groups in total. The molecule has 4 heteroatoms. The standard InChI is InChI=1S/C33H27Cl2OP/c34-28-21-23-29(24-22-28)36-30-14-10-12-27(26-30)13-11-25-37(35,31-15-4-1-5-16-31,32-17-6-2-7-18-32)33-19-8-3-9-20-33/h1-24,26H,25H2/b13-11+. The van der Waals surface area contributed by atoms with E-state index in [2.05, 4.69) is 91.0 Å². The minimum absolute atomic E-state index is 0.674. The van der Waals surface area contributed by atoms with Gasteiger partial charge >= 0.3 is 229 Å². The Hall–Kier alpha value is -3.35. The van der Waals surface area contributed by atoms with E-state index in [1.54, 1.807) is 0 Å². The fraction of sp³-hybridized carbons (Fsp3) is 0.0303. The van der Waals surface area contributed by atoms with Gasteiger partial charge in [-0.25, -0.2) is 0 Å². The fourth-order valence-corrected chi connectivity index (χ4v) is 10.5. The van der Waals surface area contributed by atoms with Crippen molar-refractivity contribution < 1.29 is 4.74 Å². The molecule has 0 aromatic heterocycles. The van der Waals surface area contributed by atoms with Gasteiger partial charge in [-0.05, 0) is 0 Å². The van der Waals surface area contributed by atoms with Gasteiger partial charge in [0.2, 0.25) is 0 Å². The van der Waals surface area contributed by atoms with Gasteiger partial charge in [-0.15, -0.1) is 0 Å². The third kappa shape index (κ3) is 5.22. The summed E-state index contributed by atoms with van der Waals surface area (Å²) in [4.78, 5) is 0. The molecule has 0 unspecified atom stereocenters. The van der Waals surface area contributed by atoms with E-state index in [-0.39, 0.29) is 0 Å². The van der Waals surface area contributed by atoms with Crippen LogP contribution in [-0.2, 0) is 0 Å². The Bertz CT molecular complexity index is 1390. The number of hydrogen-bond donors (Lipinski definition) is 0. The normalized spacial score (nSPS) is 12.6. The van der Waals surface area contributed by atoms with E-state index in [1.165, 1.54) is 0 Å². The van der Waals surface area contributed by atoms with Gasteiger partial charge < -0.3 is 0 Å². The van der Waals surface area contributed by atoms with Crippen LogP contribution in [0, 0.1) is 0 Å². The van der Waals surface area contributed by atoms with E-state index < -0.39 is 5.96 Å². The molecule has 0 aliphatic heterocycles. The molecular formula is C33H27Cl2OP. The van der Waals surface area contributed by atoms with Crippen molar-refractivity contribution in [1.82, 2.24) is 0 Å². The molecule has 0 fully saturated rings. The molecule has 0 bridgehead atoms. The van der Waals surface area contributed by atoms with E-state index in [1.807, 2.05) is 60.7 Å². The van der Waals surface area contributed by atoms with Crippen LogP contribution in [0.1, 0.15) is 5.56 Å². The van der Waals surface area contributed by atoms with Crippen LogP contribution in [0.15, 0.2) is 146 Å². The molecule has 0 amide bonds. The van der Waals surface area contributed by atoms with Crippen LogP contribution >= 0.6 is 28.8 Å². The molecule has 0 radical (unpaired) electrons. The molecule has 0 aliphatic carbocycles. The first kappa shape index (κ1) is 25.3. The van der Waals surface area contributed by atoms with Crippen LogP contribution in [0.5, 0.6) is 11.5 Å². The molecule has 0 atom stereocenters. The minimum atomic E-state index is -3.33. The molecule has 0 saturated carbocycles. The van der Waals surface area contributed by atoms with Gasteiger partial charge in [-0.1, -0.05) is 0 Å². The third-order valence-corrected chi connectivity index (χ3v) is 14.0. The average Bonchev–Trinajstić information content (AvgIpc) is 2.96. The number of allylic oxidation sites excluding steroid dienone is 1. The number of benzene rings is 5. The van der Waals surface area contributed by atoms with Gasteiger partial charge in [0.05, 0.1) is 0 Å². The van der Waals surface area contributed by atoms with Crippen molar-refractivity contribution in [3.8, 4) is 11.5 Å². The second kappa shape index (κ2) is 11.0. The van der Waals surface area contributed by atoms with Gasteiger partial charge in [0.15, 0.2) is 0 Å². The maximum absolute atomic E-state index is 8.14. The maximum atomic E-state index is 8.14. The zero-order valence-corrected chi connectivity index (χ0v) is 22.7. The summed E-state index contributed by atoms with van der Waals surface area (Å²) in [6.45, 7) is 0. The molecule has 1 nitrogen and oxygen atoms in total. The zero-order chi connectivity index (χ0) is 25.6. The third-order valence-electron chi connectivity index (χ3n) is 6.55. The number of halogens is 2. The summed E-state index contributed by atoms with van der Waals surface area (Å²) in [7, 11) is 0. The Balaban J connectivity index is 1.54. The molecule has 0 heterocycles. The van der Waals surface area contributed by atoms with Crippen molar-refractivity contribution in [2.75, 3.05) is 6.16 Å². The number of rotatable bonds is 8. The van der Waals surface area contributed by atoms with E-state index in [0.29, 0.717) is 11.2 Å². The molecule has 0 spiro atoms. The first-order chi connectivity index (χ1) is 18.1. The van der Waals surface area contributed by atoms with E-state index in [4.69, 9.17) is 27.6 Å². The Morgan fingerprint density at radius 3 is 1.59 bits per heavy atom. The summed E-state index contributed by atoms with van der Waals surface area (Å²) < 4.78 is 6.04. The Labute approximate surface area is 228 Å². The molecule has 5 aromatic carbocycles. The molecule has 5 rings (SSSR count). The van der Waals surface area contributed by atoms with Crippen LogP contribution in [0.2, 0.25) is 5.02 Å².